The predicted octanol–water partition coefficient (Wildman–Crippen LogP) is 5.67. The topological polar surface area (TPSA) is 87.7 Å². The minimum absolute atomic E-state index is 0.0774. The second kappa shape index (κ2) is 12.9. The number of ether oxygens (including phenoxy) is 1. The van der Waals surface area contributed by atoms with Crippen molar-refractivity contribution in [1.29, 1.82) is 0 Å². The van der Waals surface area contributed by atoms with E-state index in [1.807, 2.05) is 75.4 Å². The molecule has 206 valence electrons. The number of carbonyl (C=O) groups is 3. The summed E-state index contributed by atoms with van der Waals surface area (Å²) in [6, 6.07) is 15.8. The minimum Gasteiger partial charge on any atom is -0.444 e. The van der Waals surface area contributed by atoms with Crippen LogP contribution in [0.2, 0.25) is 0 Å². The highest BCUT2D eigenvalue weighted by molar-refractivity contribution is 5.92. The molecule has 0 heterocycles. The van der Waals surface area contributed by atoms with Gasteiger partial charge in [-0.3, -0.25) is 9.59 Å². The smallest absolute Gasteiger partial charge is 0.408 e. The SMILES string of the molecule is Cc1ccc(C(C(=O)NCc2ccccc2)N(C(=O)C(CC(C)C)NC(=O)OC(C)(C)C)C2CCC2)cc1. The van der Waals surface area contributed by atoms with Gasteiger partial charge in [0.25, 0.3) is 0 Å². The van der Waals surface area contributed by atoms with Gasteiger partial charge in [-0.05, 0) is 70.4 Å². The van der Waals surface area contributed by atoms with E-state index in [1.165, 1.54) is 0 Å². The monoisotopic (exact) mass is 521 g/mol. The van der Waals surface area contributed by atoms with Crippen molar-refractivity contribution < 1.29 is 19.1 Å². The van der Waals surface area contributed by atoms with Crippen molar-refractivity contribution in [2.75, 3.05) is 0 Å². The van der Waals surface area contributed by atoms with E-state index in [0.29, 0.717) is 13.0 Å². The van der Waals surface area contributed by atoms with Crippen LogP contribution in [0.15, 0.2) is 54.6 Å². The Morgan fingerprint density at radius 1 is 1.00 bits per heavy atom. The maximum atomic E-state index is 14.3. The quantitative estimate of drug-likeness (QED) is 0.422. The molecular formula is C31H43N3O4. The summed E-state index contributed by atoms with van der Waals surface area (Å²) in [6.45, 7) is 11.7. The molecular weight excluding hydrogens is 478 g/mol. The third kappa shape index (κ3) is 8.33. The maximum Gasteiger partial charge on any atom is 0.408 e. The summed E-state index contributed by atoms with van der Waals surface area (Å²) >= 11 is 0. The number of nitrogens with zero attached hydrogens (tertiary/aromatic N) is 1. The molecule has 7 nitrogen and oxygen atoms in total. The van der Waals surface area contributed by atoms with Crippen molar-refractivity contribution >= 4 is 17.9 Å². The van der Waals surface area contributed by atoms with Crippen LogP contribution >= 0.6 is 0 Å². The van der Waals surface area contributed by atoms with E-state index in [2.05, 4.69) is 10.6 Å². The molecule has 3 amide bonds. The van der Waals surface area contributed by atoms with Crippen LogP contribution in [-0.4, -0.2) is 40.5 Å². The molecule has 1 aliphatic rings. The summed E-state index contributed by atoms with van der Waals surface area (Å²) < 4.78 is 5.47. The lowest BCUT2D eigenvalue weighted by Crippen LogP contribution is -2.57. The fourth-order valence-electron chi connectivity index (χ4n) is 4.57. The van der Waals surface area contributed by atoms with Gasteiger partial charge in [-0.25, -0.2) is 4.79 Å². The Balaban J connectivity index is 1.95. The first-order valence-corrected chi connectivity index (χ1v) is 13.6. The van der Waals surface area contributed by atoms with Crippen LogP contribution in [-0.2, 0) is 20.9 Å². The fraction of sp³-hybridized carbons (Fsp3) is 0.516. The van der Waals surface area contributed by atoms with Crippen LogP contribution in [0.1, 0.15) is 83.0 Å². The molecule has 0 aliphatic heterocycles. The lowest BCUT2D eigenvalue weighted by Gasteiger charge is -2.43. The van der Waals surface area contributed by atoms with Crippen molar-refractivity contribution in [3.05, 3.63) is 71.3 Å². The van der Waals surface area contributed by atoms with Crippen LogP contribution in [0, 0.1) is 12.8 Å². The minimum atomic E-state index is -0.813. The largest absolute Gasteiger partial charge is 0.444 e. The lowest BCUT2D eigenvalue weighted by molar-refractivity contribution is -0.147. The number of aryl methyl sites for hydroxylation is 1. The molecule has 38 heavy (non-hydrogen) atoms. The molecule has 1 fully saturated rings. The first-order chi connectivity index (χ1) is 17.9. The standard InChI is InChI=1S/C31H43N3O4/c1-21(2)19-26(33-30(37)38-31(4,5)6)29(36)34(25-13-10-14-25)27(24-17-15-22(3)16-18-24)28(35)32-20-23-11-8-7-9-12-23/h7-9,11-12,15-18,21,25-27H,10,13-14,19-20H2,1-6H3,(H,32,35)(H,33,37). The number of alkyl carbamates (subject to hydrolysis) is 1. The van der Waals surface area contributed by atoms with Crippen LogP contribution < -0.4 is 10.6 Å². The van der Waals surface area contributed by atoms with Crippen molar-refractivity contribution in [3.63, 3.8) is 0 Å². The molecule has 2 atom stereocenters. The van der Waals surface area contributed by atoms with Gasteiger partial charge < -0.3 is 20.3 Å². The summed E-state index contributed by atoms with van der Waals surface area (Å²) in [4.78, 5) is 42.5. The molecule has 0 saturated heterocycles. The normalized spacial score (nSPS) is 15.2. The molecule has 0 spiro atoms. The zero-order chi connectivity index (χ0) is 27.9. The lowest BCUT2D eigenvalue weighted by atomic mass is 9.87. The summed E-state index contributed by atoms with van der Waals surface area (Å²) in [7, 11) is 0. The Kier molecular flexibility index (Phi) is 9.95. The second-order valence-electron chi connectivity index (χ2n) is 11.7. The predicted molar refractivity (Wildman–Crippen MR) is 149 cm³/mol. The molecule has 3 rings (SSSR count). The van der Waals surface area contributed by atoms with E-state index in [-0.39, 0.29) is 23.8 Å². The van der Waals surface area contributed by atoms with E-state index in [0.717, 1.165) is 36.0 Å². The number of carbonyl (C=O) groups excluding carboxylic acids is 3. The molecule has 0 radical (unpaired) electrons. The summed E-state index contributed by atoms with van der Waals surface area (Å²) in [5.41, 5.74) is 2.12. The zero-order valence-electron chi connectivity index (χ0n) is 23.6. The Bertz CT molecular complexity index is 1070. The van der Waals surface area contributed by atoms with Crippen molar-refractivity contribution in [2.45, 2.75) is 97.5 Å². The molecule has 0 bridgehead atoms. The van der Waals surface area contributed by atoms with Crippen LogP contribution in [0.5, 0.6) is 0 Å². The Morgan fingerprint density at radius 2 is 1.63 bits per heavy atom. The van der Waals surface area contributed by atoms with Gasteiger partial charge in [0.2, 0.25) is 11.8 Å². The molecule has 1 aliphatic carbocycles. The fourth-order valence-corrected chi connectivity index (χ4v) is 4.57. The average molecular weight is 522 g/mol. The summed E-state index contributed by atoms with van der Waals surface area (Å²) in [6.07, 6.45) is 2.44. The highest BCUT2D eigenvalue weighted by atomic mass is 16.6. The molecule has 2 unspecified atom stereocenters. The van der Waals surface area contributed by atoms with Gasteiger partial charge in [-0.15, -0.1) is 0 Å². The molecule has 2 aromatic rings. The molecule has 1 saturated carbocycles. The van der Waals surface area contributed by atoms with Gasteiger partial charge in [0, 0.05) is 12.6 Å². The Labute approximate surface area is 227 Å². The highest BCUT2D eigenvalue weighted by Gasteiger charge is 2.42. The van der Waals surface area contributed by atoms with Gasteiger partial charge in [-0.2, -0.15) is 0 Å². The number of amides is 3. The third-order valence-electron chi connectivity index (χ3n) is 6.65. The van der Waals surface area contributed by atoms with Crippen molar-refractivity contribution in [3.8, 4) is 0 Å². The maximum absolute atomic E-state index is 14.3. The van der Waals surface area contributed by atoms with E-state index < -0.39 is 23.8 Å². The molecule has 2 N–H and O–H groups in total. The first kappa shape index (κ1) is 29.2. The first-order valence-electron chi connectivity index (χ1n) is 13.6. The average Bonchev–Trinajstić information content (AvgIpc) is 2.80. The van der Waals surface area contributed by atoms with Crippen LogP contribution in [0.3, 0.4) is 0 Å². The zero-order valence-corrected chi connectivity index (χ0v) is 23.6. The number of hydrogen-bond donors (Lipinski definition) is 2. The molecule has 2 aromatic carbocycles. The van der Waals surface area contributed by atoms with Crippen molar-refractivity contribution in [2.24, 2.45) is 5.92 Å². The van der Waals surface area contributed by atoms with Crippen LogP contribution in [0.4, 0.5) is 4.79 Å². The van der Waals surface area contributed by atoms with E-state index >= 15 is 0 Å². The molecule has 0 aromatic heterocycles. The van der Waals surface area contributed by atoms with Gasteiger partial charge in [0.1, 0.15) is 17.7 Å². The van der Waals surface area contributed by atoms with E-state index in [4.69, 9.17) is 4.74 Å². The highest BCUT2D eigenvalue weighted by Crippen LogP contribution is 2.34. The Hall–Kier alpha value is -3.35. The number of benzene rings is 2. The van der Waals surface area contributed by atoms with E-state index in [1.54, 1.807) is 25.7 Å². The van der Waals surface area contributed by atoms with Gasteiger partial charge >= 0.3 is 6.09 Å². The summed E-state index contributed by atoms with van der Waals surface area (Å²) in [5, 5.41) is 5.87. The van der Waals surface area contributed by atoms with Gasteiger partial charge in [0.05, 0.1) is 0 Å². The molecule has 7 heteroatoms. The second-order valence-corrected chi connectivity index (χ2v) is 11.7. The van der Waals surface area contributed by atoms with Crippen LogP contribution in [0.25, 0.3) is 0 Å². The van der Waals surface area contributed by atoms with E-state index in [9.17, 15) is 14.4 Å². The van der Waals surface area contributed by atoms with Gasteiger partial charge in [0.15, 0.2) is 0 Å². The van der Waals surface area contributed by atoms with Gasteiger partial charge in [-0.1, -0.05) is 74.0 Å². The number of nitrogens with one attached hydrogen (secondary N) is 2. The third-order valence-corrected chi connectivity index (χ3v) is 6.65. The number of hydrogen-bond acceptors (Lipinski definition) is 4. The Morgan fingerprint density at radius 3 is 2.16 bits per heavy atom. The number of rotatable bonds is 10. The summed E-state index contributed by atoms with van der Waals surface area (Å²) in [5.74, 6) is -0.347. The van der Waals surface area contributed by atoms with Crippen molar-refractivity contribution in [1.82, 2.24) is 15.5 Å².